The molecule has 0 radical (unpaired) electrons. The van der Waals surface area contributed by atoms with Gasteiger partial charge in [-0.3, -0.25) is 9.79 Å². The Hall–Kier alpha value is -1.82. The van der Waals surface area contributed by atoms with Crippen molar-refractivity contribution in [2.24, 2.45) is 9.98 Å². The monoisotopic (exact) mass is 277 g/mol. The van der Waals surface area contributed by atoms with E-state index in [9.17, 15) is 4.79 Å². The smallest absolute Gasteiger partial charge is 0.193 e. The number of hydrogen-bond acceptors (Lipinski definition) is 5. The van der Waals surface area contributed by atoms with Gasteiger partial charge in [-0.1, -0.05) is 0 Å². The summed E-state index contributed by atoms with van der Waals surface area (Å²) in [6.45, 7) is 4.32. The predicted molar refractivity (Wildman–Crippen MR) is 79.2 cm³/mol. The van der Waals surface area contributed by atoms with Crippen molar-refractivity contribution >= 4 is 33.6 Å². The van der Waals surface area contributed by atoms with Crippen LogP contribution in [0.25, 0.3) is 0 Å². The minimum absolute atomic E-state index is 0.0382. The van der Waals surface area contributed by atoms with Crippen molar-refractivity contribution in [2.75, 3.05) is 18.5 Å². The summed E-state index contributed by atoms with van der Waals surface area (Å²) >= 11 is 1.43. The molecule has 19 heavy (non-hydrogen) atoms. The van der Waals surface area contributed by atoms with Crippen LogP contribution in [0.2, 0.25) is 0 Å². The maximum absolute atomic E-state index is 10.8. The van der Waals surface area contributed by atoms with E-state index >= 15 is 0 Å². The van der Waals surface area contributed by atoms with Gasteiger partial charge in [-0.25, -0.2) is 0 Å². The Kier molecular flexibility index (Phi) is 4.57. The molecule has 0 aromatic heterocycles. The first kappa shape index (κ1) is 13.6. The number of hydrogen-bond donors (Lipinski definition) is 1. The highest BCUT2D eigenvalue weighted by Gasteiger charge is 2.17. The largest absolute Gasteiger partial charge is 0.494 e. The predicted octanol–water partition coefficient (Wildman–Crippen LogP) is 2.55. The van der Waals surface area contributed by atoms with Crippen molar-refractivity contribution in [3.8, 4) is 5.75 Å². The molecule has 0 atom stereocenters. The Labute approximate surface area is 116 Å². The van der Waals surface area contributed by atoms with Gasteiger partial charge in [-0.05, 0) is 49.9 Å². The summed E-state index contributed by atoms with van der Waals surface area (Å²) < 4.78 is 5.36. The SMILES string of the molecule is CCOc1ccc(NC2=NC(=NCC(C)=O)S2)cc1. The maximum Gasteiger partial charge on any atom is 0.193 e. The van der Waals surface area contributed by atoms with Crippen LogP contribution in [0.3, 0.4) is 0 Å². The number of thioether (sulfide) groups is 1. The molecule has 1 aliphatic heterocycles. The Morgan fingerprint density at radius 2 is 2.11 bits per heavy atom. The van der Waals surface area contributed by atoms with Gasteiger partial charge >= 0.3 is 0 Å². The lowest BCUT2D eigenvalue weighted by molar-refractivity contribution is -0.115. The molecule has 5 nitrogen and oxygen atoms in total. The van der Waals surface area contributed by atoms with Crippen molar-refractivity contribution in [1.82, 2.24) is 0 Å². The lowest BCUT2D eigenvalue weighted by Crippen LogP contribution is -2.20. The van der Waals surface area contributed by atoms with Gasteiger partial charge in [0.1, 0.15) is 12.3 Å². The van der Waals surface area contributed by atoms with E-state index in [2.05, 4.69) is 15.3 Å². The minimum atomic E-state index is 0.0382. The van der Waals surface area contributed by atoms with E-state index in [0.29, 0.717) is 11.8 Å². The van der Waals surface area contributed by atoms with Crippen LogP contribution in [-0.2, 0) is 4.79 Å². The first-order valence-corrected chi connectivity index (χ1v) is 6.79. The number of rotatable bonds is 5. The Morgan fingerprint density at radius 3 is 2.68 bits per heavy atom. The fraction of sp³-hybridized carbons (Fsp3) is 0.308. The number of benzene rings is 1. The second kappa shape index (κ2) is 6.38. The van der Waals surface area contributed by atoms with Gasteiger partial charge in [0.05, 0.1) is 6.61 Å². The molecule has 0 bridgehead atoms. The molecule has 0 saturated carbocycles. The number of carbonyl (C=O) groups is 1. The van der Waals surface area contributed by atoms with Crippen molar-refractivity contribution in [3.05, 3.63) is 24.3 Å². The highest BCUT2D eigenvalue weighted by molar-refractivity contribution is 8.29. The van der Waals surface area contributed by atoms with Crippen LogP contribution in [0.4, 0.5) is 5.69 Å². The van der Waals surface area contributed by atoms with Crippen LogP contribution in [-0.4, -0.2) is 29.3 Å². The molecule has 1 N–H and O–H groups in total. The second-order valence-corrected chi connectivity index (χ2v) is 4.86. The van der Waals surface area contributed by atoms with Crippen LogP contribution < -0.4 is 10.1 Å². The Morgan fingerprint density at radius 1 is 1.42 bits per heavy atom. The number of nitrogens with zero attached hydrogens (tertiary/aromatic N) is 2. The molecule has 1 aromatic rings. The van der Waals surface area contributed by atoms with Crippen LogP contribution in [0.1, 0.15) is 13.8 Å². The van der Waals surface area contributed by atoms with Gasteiger partial charge in [0.2, 0.25) is 0 Å². The van der Waals surface area contributed by atoms with E-state index in [1.165, 1.54) is 18.7 Å². The molecule has 0 fully saturated rings. The van der Waals surface area contributed by atoms with Crippen molar-refractivity contribution < 1.29 is 9.53 Å². The average Bonchev–Trinajstić information content (AvgIpc) is 2.34. The number of Topliss-reactive ketones (excluding diaryl/α,β-unsaturated/α-hetero) is 1. The summed E-state index contributed by atoms with van der Waals surface area (Å²) in [6, 6.07) is 7.67. The topological polar surface area (TPSA) is 63.0 Å². The molecular formula is C13H15N3O2S. The molecule has 1 aromatic carbocycles. The molecule has 100 valence electrons. The van der Waals surface area contributed by atoms with Crippen molar-refractivity contribution in [3.63, 3.8) is 0 Å². The summed E-state index contributed by atoms with van der Waals surface area (Å²) in [6.07, 6.45) is 0. The quantitative estimate of drug-likeness (QED) is 0.898. The molecule has 1 heterocycles. The molecule has 0 aliphatic carbocycles. The second-order valence-electron chi connectivity index (χ2n) is 3.90. The zero-order valence-corrected chi connectivity index (χ0v) is 11.7. The first-order chi connectivity index (χ1) is 9.17. The zero-order chi connectivity index (χ0) is 13.7. The lowest BCUT2D eigenvalue weighted by atomic mass is 10.3. The standard InChI is InChI=1S/C13H15N3O2S/c1-3-18-11-6-4-10(5-7-11)15-13-16-12(19-13)14-8-9(2)17/h4-7H,3,8H2,1-2H3,(H,14,15,16). The van der Waals surface area contributed by atoms with Crippen molar-refractivity contribution in [1.29, 1.82) is 0 Å². The minimum Gasteiger partial charge on any atom is -0.494 e. The Bertz CT molecular complexity index is 523. The number of ether oxygens (including phenoxy) is 1. The summed E-state index contributed by atoms with van der Waals surface area (Å²) in [5, 5.41) is 4.58. The zero-order valence-electron chi connectivity index (χ0n) is 10.8. The van der Waals surface area contributed by atoms with Gasteiger partial charge in [-0.2, -0.15) is 4.99 Å². The van der Waals surface area contributed by atoms with E-state index in [0.717, 1.165) is 16.6 Å². The number of carbonyl (C=O) groups excluding carboxylic acids is 1. The highest BCUT2D eigenvalue weighted by atomic mass is 32.2. The van der Waals surface area contributed by atoms with E-state index in [1.807, 2.05) is 31.2 Å². The summed E-state index contributed by atoms with van der Waals surface area (Å²) in [5.41, 5.74) is 0.945. The number of anilines is 1. The number of nitrogens with one attached hydrogen (secondary N) is 1. The molecule has 0 unspecified atom stereocenters. The van der Waals surface area contributed by atoms with Crippen LogP contribution in [0, 0.1) is 0 Å². The molecule has 0 saturated heterocycles. The summed E-state index contributed by atoms with van der Waals surface area (Å²) in [7, 11) is 0. The molecule has 6 heteroatoms. The molecule has 1 aliphatic rings. The maximum atomic E-state index is 10.8. The third-order valence-electron chi connectivity index (χ3n) is 2.24. The van der Waals surface area contributed by atoms with Crippen LogP contribution >= 0.6 is 11.8 Å². The van der Waals surface area contributed by atoms with Crippen molar-refractivity contribution in [2.45, 2.75) is 13.8 Å². The Balaban J connectivity index is 1.88. The molecule has 2 rings (SSSR count). The third kappa shape index (κ3) is 4.10. The molecule has 0 spiro atoms. The first-order valence-electron chi connectivity index (χ1n) is 5.97. The summed E-state index contributed by atoms with van der Waals surface area (Å²) in [5.74, 6) is 0.885. The van der Waals surface area contributed by atoms with Crippen LogP contribution in [0.5, 0.6) is 5.75 Å². The van der Waals surface area contributed by atoms with Gasteiger partial charge < -0.3 is 10.1 Å². The number of aliphatic imine (C=N–C) groups is 2. The van der Waals surface area contributed by atoms with E-state index < -0.39 is 0 Å². The average molecular weight is 277 g/mol. The van der Waals surface area contributed by atoms with Gasteiger partial charge in [0.25, 0.3) is 0 Å². The van der Waals surface area contributed by atoms with E-state index in [-0.39, 0.29) is 12.3 Å². The normalized spacial score (nSPS) is 15.7. The molecule has 0 amide bonds. The third-order valence-corrected chi connectivity index (χ3v) is 3.03. The molecular weight excluding hydrogens is 262 g/mol. The summed E-state index contributed by atoms with van der Waals surface area (Å²) in [4.78, 5) is 19.0. The fourth-order valence-electron chi connectivity index (χ4n) is 1.40. The number of amidine groups is 2. The van der Waals surface area contributed by atoms with Gasteiger partial charge in [0, 0.05) is 5.69 Å². The van der Waals surface area contributed by atoms with E-state index in [4.69, 9.17) is 4.74 Å². The lowest BCUT2D eigenvalue weighted by Gasteiger charge is -2.16. The highest BCUT2D eigenvalue weighted by Crippen LogP contribution is 2.23. The fourth-order valence-corrected chi connectivity index (χ4v) is 2.01. The van der Waals surface area contributed by atoms with Gasteiger partial charge in [0.15, 0.2) is 16.1 Å². The van der Waals surface area contributed by atoms with Crippen LogP contribution in [0.15, 0.2) is 34.3 Å². The van der Waals surface area contributed by atoms with Gasteiger partial charge in [-0.15, -0.1) is 0 Å². The van der Waals surface area contributed by atoms with E-state index in [1.54, 1.807) is 0 Å². The number of ketones is 1.